The summed E-state index contributed by atoms with van der Waals surface area (Å²) in [6, 6.07) is -0.270. The number of carbonyl (C=O) groups excluding carboxylic acids is 1. The third-order valence-electron chi connectivity index (χ3n) is 2.00. The molecule has 0 aromatic carbocycles. The molecule has 0 aliphatic rings. The zero-order valence-corrected chi connectivity index (χ0v) is 9.65. The molecule has 8 heteroatoms. The smallest absolute Gasteiger partial charge is 0.242 e. The Morgan fingerprint density at radius 2 is 1.88 bits per heavy atom. The molecule has 0 bridgehead atoms. The summed E-state index contributed by atoms with van der Waals surface area (Å²) in [7, 11) is 0. The van der Waals surface area contributed by atoms with E-state index in [1.54, 1.807) is 13.8 Å². The maximum absolute atomic E-state index is 10.3. The Hall–Kier alpha value is -0.610. The van der Waals surface area contributed by atoms with Gasteiger partial charge in [-0.15, -0.1) is 0 Å². The van der Waals surface area contributed by atoms with Crippen molar-refractivity contribution in [2.45, 2.75) is 44.0 Å². The largest absolute Gasteiger partial charge is 0.393 e. The average Bonchev–Trinajstić information content (AvgIpc) is 2.32. The van der Waals surface area contributed by atoms with E-state index < -0.39 is 30.7 Å². The Bertz CT molecular complexity index is 237. The summed E-state index contributed by atoms with van der Waals surface area (Å²) in [6.07, 6.45) is -6.01. The fourth-order valence-corrected chi connectivity index (χ4v) is 0.988. The van der Waals surface area contributed by atoms with Gasteiger partial charge in [-0.1, -0.05) is 0 Å². The minimum atomic E-state index is -2.71. The van der Waals surface area contributed by atoms with Crippen molar-refractivity contribution in [2.24, 2.45) is 0 Å². The lowest BCUT2D eigenvalue weighted by Crippen LogP contribution is -2.62. The van der Waals surface area contributed by atoms with E-state index in [9.17, 15) is 20.1 Å². The van der Waals surface area contributed by atoms with Gasteiger partial charge >= 0.3 is 0 Å². The van der Waals surface area contributed by atoms with Gasteiger partial charge in [-0.2, -0.15) is 5.48 Å². The molecular formula is C9H19NO7. The number of nitrogens with one attached hydrogen (secondary N) is 1. The number of hydrogen-bond acceptors (Lipinski definition) is 8. The Morgan fingerprint density at radius 1 is 1.35 bits per heavy atom. The van der Waals surface area contributed by atoms with Gasteiger partial charge in [0.15, 0.2) is 6.29 Å². The molecule has 0 radical (unpaired) electrons. The molecule has 0 aromatic heterocycles. The SMILES string of the molecule is CC(C)NO[C@@](O)([C@H](O)CO)[C@H](O)[C@H](O)C=O. The van der Waals surface area contributed by atoms with Gasteiger partial charge in [0.05, 0.1) is 6.61 Å². The number of hydroxylamine groups is 1. The van der Waals surface area contributed by atoms with E-state index in [2.05, 4.69) is 10.3 Å². The molecule has 4 atom stereocenters. The van der Waals surface area contributed by atoms with E-state index in [0.29, 0.717) is 0 Å². The van der Waals surface area contributed by atoms with E-state index in [4.69, 9.17) is 10.2 Å². The first-order valence-corrected chi connectivity index (χ1v) is 5.05. The molecule has 0 aliphatic heterocycles. The summed E-state index contributed by atoms with van der Waals surface area (Å²) >= 11 is 0. The first-order chi connectivity index (χ1) is 7.79. The minimum Gasteiger partial charge on any atom is -0.393 e. The molecule has 0 saturated carbocycles. The van der Waals surface area contributed by atoms with E-state index in [1.165, 1.54) is 0 Å². The number of aliphatic hydroxyl groups excluding tert-OH is 4. The molecular weight excluding hydrogens is 234 g/mol. The topological polar surface area (TPSA) is 139 Å². The summed E-state index contributed by atoms with van der Waals surface area (Å²) in [5.41, 5.74) is 2.25. The van der Waals surface area contributed by atoms with Crippen LogP contribution in [0.15, 0.2) is 0 Å². The Kier molecular flexibility index (Phi) is 6.72. The van der Waals surface area contributed by atoms with Crippen LogP contribution >= 0.6 is 0 Å². The van der Waals surface area contributed by atoms with Gasteiger partial charge in [-0.25, -0.2) is 0 Å². The molecule has 0 aliphatic carbocycles. The first kappa shape index (κ1) is 16.4. The van der Waals surface area contributed by atoms with Crippen molar-refractivity contribution >= 4 is 6.29 Å². The van der Waals surface area contributed by atoms with Crippen LogP contribution in [0.1, 0.15) is 13.8 Å². The number of aliphatic hydroxyl groups is 5. The number of aldehydes is 1. The third-order valence-corrected chi connectivity index (χ3v) is 2.00. The van der Waals surface area contributed by atoms with E-state index >= 15 is 0 Å². The predicted molar refractivity (Wildman–Crippen MR) is 55.5 cm³/mol. The molecule has 0 saturated heterocycles. The van der Waals surface area contributed by atoms with Crippen molar-refractivity contribution in [3.05, 3.63) is 0 Å². The summed E-state index contributed by atoms with van der Waals surface area (Å²) < 4.78 is 0. The van der Waals surface area contributed by atoms with Crippen LogP contribution in [0.2, 0.25) is 0 Å². The third kappa shape index (κ3) is 4.28. The highest BCUT2D eigenvalue weighted by Gasteiger charge is 2.48. The van der Waals surface area contributed by atoms with E-state index in [1.807, 2.05) is 0 Å². The minimum absolute atomic E-state index is 0.0293. The second kappa shape index (κ2) is 6.97. The Balaban J connectivity index is 4.88. The number of carbonyl (C=O) groups is 1. The first-order valence-electron chi connectivity index (χ1n) is 5.05. The molecule has 0 rings (SSSR count). The summed E-state index contributed by atoms with van der Waals surface area (Å²) in [6.45, 7) is 2.36. The van der Waals surface area contributed by atoms with Crippen LogP contribution in [-0.4, -0.2) is 68.6 Å². The van der Waals surface area contributed by atoms with Crippen molar-refractivity contribution in [3.63, 3.8) is 0 Å². The van der Waals surface area contributed by atoms with Crippen LogP contribution in [0, 0.1) is 0 Å². The second-order valence-corrected chi connectivity index (χ2v) is 3.90. The standard InChI is InChI=1S/C9H19NO7/c1-5(2)10-17-9(16,7(14)4-12)8(15)6(13)3-11/h3,5-8,10,12-16H,4H2,1-2H3/t6-,7-,8-,9+/m1/s1. The van der Waals surface area contributed by atoms with Crippen LogP contribution in [0.5, 0.6) is 0 Å². The molecule has 0 heterocycles. The monoisotopic (exact) mass is 253 g/mol. The van der Waals surface area contributed by atoms with Crippen LogP contribution in [-0.2, 0) is 9.63 Å². The highest BCUT2D eigenvalue weighted by atomic mass is 16.8. The summed E-state index contributed by atoms with van der Waals surface area (Å²) in [5, 5.41) is 46.5. The van der Waals surface area contributed by atoms with Crippen LogP contribution in [0.25, 0.3) is 0 Å². The van der Waals surface area contributed by atoms with Gasteiger partial charge in [-0.3, -0.25) is 4.84 Å². The highest BCUT2D eigenvalue weighted by molar-refractivity contribution is 5.56. The average molecular weight is 253 g/mol. The highest BCUT2D eigenvalue weighted by Crippen LogP contribution is 2.19. The second-order valence-electron chi connectivity index (χ2n) is 3.90. The fourth-order valence-electron chi connectivity index (χ4n) is 0.988. The van der Waals surface area contributed by atoms with Crippen LogP contribution in [0.3, 0.4) is 0 Å². The van der Waals surface area contributed by atoms with Crippen LogP contribution in [0.4, 0.5) is 0 Å². The van der Waals surface area contributed by atoms with Crippen molar-refractivity contribution in [3.8, 4) is 0 Å². The van der Waals surface area contributed by atoms with E-state index in [-0.39, 0.29) is 12.3 Å². The fraction of sp³-hybridized carbons (Fsp3) is 0.889. The molecule has 0 unspecified atom stereocenters. The lowest BCUT2D eigenvalue weighted by molar-refractivity contribution is -0.339. The molecule has 0 fully saturated rings. The molecule has 0 amide bonds. The van der Waals surface area contributed by atoms with E-state index in [0.717, 1.165) is 0 Å². The Morgan fingerprint density at radius 3 is 2.24 bits per heavy atom. The molecule has 6 N–H and O–H groups in total. The quantitative estimate of drug-likeness (QED) is 0.152. The lowest BCUT2D eigenvalue weighted by Gasteiger charge is -2.36. The van der Waals surface area contributed by atoms with Gasteiger partial charge in [0.2, 0.25) is 5.79 Å². The van der Waals surface area contributed by atoms with Gasteiger partial charge in [0, 0.05) is 6.04 Å². The van der Waals surface area contributed by atoms with Crippen molar-refractivity contribution in [1.29, 1.82) is 0 Å². The van der Waals surface area contributed by atoms with Crippen molar-refractivity contribution in [2.75, 3.05) is 6.61 Å². The maximum Gasteiger partial charge on any atom is 0.242 e. The molecule has 8 nitrogen and oxygen atoms in total. The molecule has 102 valence electrons. The molecule has 17 heavy (non-hydrogen) atoms. The summed E-state index contributed by atoms with van der Waals surface area (Å²) in [4.78, 5) is 15.0. The number of hydrogen-bond donors (Lipinski definition) is 6. The lowest BCUT2D eigenvalue weighted by atomic mass is 10.00. The summed E-state index contributed by atoms with van der Waals surface area (Å²) in [5.74, 6) is -2.71. The number of rotatable bonds is 8. The molecule has 0 spiro atoms. The van der Waals surface area contributed by atoms with Crippen molar-refractivity contribution in [1.82, 2.24) is 5.48 Å². The zero-order chi connectivity index (χ0) is 13.6. The Labute approximate surface area is 98.4 Å². The van der Waals surface area contributed by atoms with Crippen molar-refractivity contribution < 1.29 is 35.2 Å². The maximum atomic E-state index is 10.3. The van der Waals surface area contributed by atoms with Gasteiger partial charge in [0.25, 0.3) is 0 Å². The predicted octanol–water partition coefficient (Wildman–Crippen LogP) is -3.12. The van der Waals surface area contributed by atoms with Gasteiger partial charge in [0.1, 0.15) is 18.3 Å². The van der Waals surface area contributed by atoms with Gasteiger partial charge < -0.3 is 30.3 Å². The zero-order valence-electron chi connectivity index (χ0n) is 9.65. The normalized spacial score (nSPS) is 20.7. The van der Waals surface area contributed by atoms with Gasteiger partial charge in [-0.05, 0) is 13.8 Å². The molecule has 0 aromatic rings. The van der Waals surface area contributed by atoms with Crippen LogP contribution < -0.4 is 5.48 Å².